The van der Waals surface area contributed by atoms with Crippen LogP contribution < -0.4 is 10.5 Å². The summed E-state index contributed by atoms with van der Waals surface area (Å²) in [4.78, 5) is 2.27. The third-order valence-corrected chi connectivity index (χ3v) is 6.08. The Bertz CT molecular complexity index is 611. The molecule has 0 aliphatic heterocycles. The molecule has 0 amide bonds. The fourth-order valence-corrected chi connectivity index (χ4v) is 4.19. The zero-order valence-corrected chi connectivity index (χ0v) is 14.0. The van der Waals surface area contributed by atoms with Crippen LogP contribution in [0.1, 0.15) is 25.7 Å². The number of sulfonamides is 1. The maximum Gasteiger partial charge on any atom is 0.240 e. The number of halogens is 1. The van der Waals surface area contributed by atoms with Gasteiger partial charge in [-0.15, -0.1) is 0 Å². The van der Waals surface area contributed by atoms with Crippen molar-refractivity contribution in [1.82, 2.24) is 9.62 Å². The van der Waals surface area contributed by atoms with Crippen LogP contribution in [0.5, 0.6) is 0 Å². The van der Waals surface area contributed by atoms with Gasteiger partial charge in [-0.05, 0) is 45.1 Å². The molecule has 0 atom stereocenters. The summed E-state index contributed by atoms with van der Waals surface area (Å²) in [6, 6.07) is 4.37. The van der Waals surface area contributed by atoms with Crippen molar-refractivity contribution in [2.24, 2.45) is 0 Å². The number of benzene rings is 1. The van der Waals surface area contributed by atoms with Gasteiger partial charge in [0.2, 0.25) is 10.0 Å². The molecule has 2 rings (SSSR count). The van der Waals surface area contributed by atoms with Gasteiger partial charge in [-0.2, -0.15) is 0 Å². The summed E-state index contributed by atoms with van der Waals surface area (Å²) < 4.78 is 27.5. The average Bonchev–Trinajstić information content (AvgIpc) is 2.90. The summed E-state index contributed by atoms with van der Waals surface area (Å²) in [6.45, 7) is 0.407. The molecule has 1 aromatic carbocycles. The smallest absolute Gasteiger partial charge is 0.240 e. The van der Waals surface area contributed by atoms with Gasteiger partial charge < -0.3 is 10.6 Å². The maximum absolute atomic E-state index is 12.4. The van der Waals surface area contributed by atoms with Gasteiger partial charge in [0.1, 0.15) is 0 Å². The minimum atomic E-state index is -3.58. The Balaban J connectivity index is 2.15. The average molecular weight is 332 g/mol. The largest absolute Gasteiger partial charge is 0.398 e. The fourth-order valence-electron chi connectivity index (χ4n) is 2.80. The molecule has 3 N–H and O–H groups in total. The number of hydrogen-bond acceptors (Lipinski definition) is 4. The van der Waals surface area contributed by atoms with E-state index >= 15 is 0 Å². The first-order chi connectivity index (χ1) is 9.77. The van der Waals surface area contributed by atoms with Crippen LogP contribution in [0, 0.1) is 0 Å². The molecule has 118 valence electrons. The molecule has 1 fully saturated rings. The lowest BCUT2D eigenvalue weighted by Crippen LogP contribution is -2.50. The van der Waals surface area contributed by atoms with Crippen molar-refractivity contribution in [2.45, 2.75) is 36.1 Å². The highest BCUT2D eigenvalue weighted by atomic mass is 35.5. The molecule has 0 aromatic heterocycles. The molecular formula is C14H22ClN3O2S. The Labute approximate surface area is 131 Å². The summed E-state index contributed by atoms with van der Waals surface area (Å²) >= 11 is 5.90. The minimum absolute atomic E-state index is 0.0926. The van der Waals surface area contributed by atoms with Crippen LogP contribution in [0.25, 0.3) is 0 Å². The van der Waals surface area contributed by atoms with E-state index in [0.717, 1.165) is 25.7 Å². The fraction of sp³-hybridized carbons (Fsp3) is 0.571. The van der Waals surface area contributed by atoms with Crippen LogP contribution in [0.4, 0.5) is 5.69 Å². The lowest BCUT2D eigenvalue weighted by atomic mass is 9.97. The number of nitrogens with zero attached hydrogens (tertiary/aromatic N) is 1. The van der Waals surface area contributed by atoms with E-state index in [9.17, 15) is 8.42 Å². The van der Waals surface area contributed by atoms with E-state index in [1.165, 1.54) is 18.2 Å². The highest BCUT2D eigenvalue weighted by molar-refractivity contribution is 7.89. The predicted molar refractivity (Wildman–Crippen MR) is 85.9 cm³/mol. The number of hydrogen-bond donors (Lipinski definition) is 2. The number of anilines is 1. The van der Waals surface area contributed by atoms with Crippen molar-refractivity contribution in [3.05, 3.63) is 23.2 Å². The number of nitrogens with one attached hydrogen (secondary N) is 1. The van der Waals surface area contributed by atoms with Crippen molar-refractivity contribution in [3.63, 3.8) is 0 Å². The summed E-state index contributed by atoms with van der Waals surface area (Å²) in [5, 5.41) is 0.251. The summed E-state index contributed by atoms with van der Waals surface area (Å²) in [6.07, 6.45) is 4.28. The van der Waals surface area contributed by atoms with Gasteiger partial charge in [-0.3, -0.25) is 0 Å². The second-order valence-corrected chi connectivity index (χ2v) is 8.01. The van der Waals surface area contributed by atoms with Crippen LogP contribution in [-0.2, 0) is 10.0 Å². The molecule has 5 nitrogen and oxygen atoms in total. The third-order valence-electron chi connectivity index (χ3n) is 4.36. The van der Waals surface area contributed by atoms with Gasteiger partial charge in [-0.1, -0.05) is 24.4 Å². The van der Waals surface area contributed by atoms with E-state index in [2.05, 4.69) is 9.62 Å². The molecule has 0 bridgehead atoms. The van der Waals surface area contributed by atoms with Gasteiger partial charge in [0.05, 0.1) is 15.6 Å². The van der Waals surface area contributed by atoms with Crippen LogP contribution in [0.3, 0.4) is 0 Å². The highest BCUT2D eigenvalue weighted by Gasteiger charge is 2.37. The Morgan fingerprint density at radius 2 is 1.95 bits per heavy atom. The lowest BCUT2D eigenvalue weighted by Gasteiger charge is -2.36. The van der Waals surface area contributed by atoms with Crippen LogP contribution in [0.2, 0.25) is 5.02 Å². The Hall–Kier alpha value is -0.820. The number of nitrogen functional groups attached to an aromatic ring is 1. The van der Waals surface area contributed by atoms with Gasteiger partial charge in [-0.25, -0.2) is 13.1 Å². The second kappa shape index (κ2) is 6.12. The predicted octanol–water partition coefficient (Wildman–Crippen LogP) is 2.07. The van der Waals surface area contributed by atoms with Crippen molar-refractivity contribution in [1.29, 1.82) is 0 Å². The minimum Gasteiger partial charge on any atom is -0.398 e. The van der Waals surface area contributed by atoms with Crippen LogP contribution in [-0.4, -0.2) is 39.5 Å². The highest BCUT2D eigenvalue weighted by Crippen LogP contribution is 2.33. The summed E-state index contributed by atoms with van der Waals surface area (Å²) in [5.74, 6) is 0. The molecule has 0 heterocycles. The number of nitrogens with two attached hydrogens (primary N) is 1. The van der Waals surface area contributed by atoms with E-state index in [-0.39, 0.29) is 15.5 Å². The maximum atomic E-state index is 12.4. The van der Waals surface area contributed by atoms with Crippen molar-refractivity contribution >= 4 is 27.3 Å². The topological polar surface area (TPSA) is 75.4 Å². The summed E-state index contributed by atoms with van der Waals surface area (Å²) in [7, 11) is 0.424. The molecule has 1 aliphatic rings. The molecule has 0 radical (unpaired) electrons. The van der Waals surface area contributed by atoms with E-state index < -0.39 is 10.0 Å². The number of likely N-dealkylation sites (N-methyl/N-ethyl adjacent to an activating group) is 1. The monoisotopic (exact) mass is 331 g/mol. The molecule has 0 unspecified atom stereocenters. The molecular weight excluding hydrogens is 310 g/mol. The van der Waals surface area contributed by atoms with Crippen molar-refractivity contribution < 1.29 is 8.42 Å². The molecule has 1 saturated carbocycles. The third kappa shape index (κ3) is 3.51. The quantitative estimate of drug-likeness (QED) is 0.810. The first-order valence-electron chi connectivity index (χ1n) is 6.99. The first kappa shape index (κ1) is 16.5. The zero-order valence-electron chi connectivity index (χ0n) is 12.4. The van der Waals surface area contributed by atoms with E-state index in [4.69, 9.17) is 17.3 Å². The van der Waals surface area contributed by atoms with Gasteiger partial charge in [0.25, 0.3) is 0 Å². The van der Waals surface area contributed by atoms with Gasteiger partial charge in [0.15, 0.2) is 0 Å². The molecule has 1 aromatic rings. The van der Waals surface area contributed by atoms with E-state index in [1.807, 2.05) is 14.1 Å². The standard InChI is InChI=1S/C14H22ClN3O2S/c1-18(2)14(7-3-4-8-14)10-17-21(19,20)11-5-6-13(16)12(15)9-11/h5-6,9,17H,3-4,7-8,10,16H2,1-2H3. The molecule has 0 spiro atoms. The van der Waals surface area contributed by atoms with Gasteiger partial charge >= 0.3 is 0 Å². The molecule has 21 heavy (non-hydrogen) atoms. The Morgan fingerprint density at radius 1 is 1.33 bits per heavy atom. The lowest BCUT2D eigenvalue weighted by molar-refractivity contribution is 0.162. The Morgan fingerprint density at radius 3 is 2.48 bits per heavy atom. The second-order valence-electron chi connectivity index (χ2n) is 5.83. The summed E-state index contributed by atoms with van der Waals surface area (Å²) in [5.41, 5.74) is 5.89. The van der Waals surface area contributed by atoms with E-state index in [1.54, 1.807) is 0 Å². The zero-order chi connectivity index (χ0) is 15.7. The van der Waals surface area contributed by atoms with Crippen LogP contribution >= 0.6 is 11.6 Å². The molecule has 7 heteroatoms. The molecule has 0 saturated heterocycles. The van der Waals surface area contributed by atoms with Crippen LogP contribution in [0.15, 0.2) is 23.1 Å². The van der Waals surface area contributed by atoms with Crippen molar-refractivity contribution in [3.8, 4) is 0 Å². The number of rotatable bonds is 5. The Kier molecular flexibility index (Phi) is 4.82. The molecule has 1 aliphatic carbocycles. The SMILES string of the molecule is CN(C)C1(CNS(=O)(=O)c2ccc(N)c(Cl)c2)CCCC1. The van der Waals surface area contributed by atoms with Gasteiger partial charge in [0, 0.05) is 12.1 Å². The van der Waals surface area contributed by atoms with E-state index in [0.29, 0.717) is 12.2 Å². The van der Waals surface area contributed by atoms with Crippen molar-refractivity contribution in [2.75, 3.05) is 26.4 Å². The normalized spacial score (nSPS) is 18.3. The first-order valence-corrected chi connectivity index (χ1v) is 8.85.